The second kappa shape index (κ2) is 19.6. The van der Waals surface area contributed by atoms with Gasteiger partial charge in [-0.2, -0.15) is 0 Å². The molecule has 2 rings (SSSR count). The van der Waals surface area contributed by atoms with Crippen LogP contribution in [0.2, 0.25) is 0 Å². The zero-order valence-corrected chi connectivity index (χ0v) is 30.3. The SMILES string of the molecule is CCS(=O)(=O)NC[C@@H](O)C[C@H](O)[C@H](CC(C)C)NC(=O)CNC(=O)[C@H](Cc1ccccc1)NC(=O)N1CCC(NC(=O)OC(C)(C)C)CC1. The quantitative estimate of drug-likeness (QED) is 0.122. The summed E-state index contributed by atoms with van der Waals surface area (Å²) >= 11 is 0. The van der Waals surface area contributed by atoms with Gasteiger partial charge in [0.15, 0.2) is 0 Å². The van der Waals surface area contributed by atoms with Gasteiger partial charge in [-0.15, -0.1) is 0 Å². The van der Waals surface area contributed by atoms with Crippen LogP contribution in [0.3, 0.4) is 0 Å². The van der Waals surface area contributed by atoms with Gasteiger partial charge in [-0.3, -0.25) is 9.59 Å². The van der Waals surface area contributed by atoms with Gasteiger partial charge in [0.25, 0.3) is 0 Å². The van der Waals surface area contributed by atoms with Crippen LogP contribution in [0.15, 0.2) is 30.3 Å². The molecule has 5 amide bonds. The molecule has 0 radical (unpaired) electrons. The molecule has 1 aliphatic heterocycles. The van der Waals surface area contributed by atoms with E-state index in [-0.39, 0.29) is 37.1 Å². The lowest BCUT2D eigenvalue weighted by atomic mass is 9.95. The van der Waals surface area contributed by atoms with E-state index in [1.807, 2.05) is 44.2 Å². The van der Waals surface area contributed by atoms with E-state index in [9.17, 15) is 37.8 Å². The number of hydrogen-bond donors (Lipinski definition) is 7. The number of aliphatic hydroxyl groups is 2. The molecule has 0 spiro atoms. The van der Waals surface area contributed by atoms with Gasteiger partial charge in [0.05, 0.1) is 30.5 Å². The lowest BCUT2D eigenvalue weighted by molar-refractivity contribution is -0.128. The number of sulfonamides is 1. The van der Waals surface area contributed by atoms with Gasteiger partial charge < -0.3 is 41.1 Å². The van der Waals surface area contributed by atoms with Crippen molar-refractivity contribution in [3.63, 3.8) is 0 Å². The van der Waals surface area contributed by atoms with Crippen molar-refractivity contribution in [2.45, 2.75) is 110 Å². The van der Waals surface area contributed by atoms with Crippen LogP contribution >= 0.6 is 0 Å². The second-order valence-electron chi connectivity index (χ2n) is 13.8. The zero-order valence-electron chi connectivity index (χ0n) is 29.5. The number of nitrogens with one attached hydrogen (secondary N) is 5. The number of aliphatic hydroxyl groups excluding tert-OH is 2. The van der Waals surface area contributed by atoms with Crippen molar-refractivity contribution >= 4 is 34.0 Å². The monoisotopic (exact) mass is 712 g/mol. The van der Waals surface area contributed by atoms with Crippen LogP contribution < -0.4 is 26.0 Å². The molecule has 7 N–H and O–H groups in total. The van der Waals surface area contributed by atoms with E-state index in [4.69, 9.17) is 4.74 Å². The standard InChI is InChI=1S/C33H56N6O9S/c1-7-49(46,47)35-20-25(40)19-28(41)26(17-22(2)3)37-29(42)21-34-30(43)27(18-23-11-9-8-10-12-23)38-31(44)39-15-13-24(14-16-39)36-32(45)48-33(4,5)6/h8-12,22,24-28,35,40-41H,7,13-21H2,1-6H3,(H,34,43)(H,36,45)(H,37,42)(H,38,44)/t25-,26-,27-,28-/m0/s1. The van der Waals surface area contributed by atoms with E-state index in [1.54, 1.807) is 25.7 Å². The Morgan fingerprint density at radius 3 is 2.20 bits per heavy atom. The number of hydrogen-bond acceptors (Lipinski definition) is 9. The van der Waals surface area contributed by atoms with Crippen molar-refractivity contribution in [1.82, 2.24) is 30.9 Å². The highest BCUT2D eigenvalue weighted by Gasteiger charge is 2.30. The van der Waals surface area contributed by atoms with Gasteiger partial charge in [0, 0.05) is 38.5 Å². The minimum Gasteiger partial charge on any atom is -0.444 e. The van der Waals surface area contributed by atoms with Crippen LogP contribution in [-0.2, 0) is 30.8 Å². The number of carbonyl (C=O) groups is 4. The highest BCUT2D eigenvalue weighted by atomic mass is 32.2. The lowest BCUT2D eigenvalue weighted by Gasteiger charge is -2.33. The Morgan fingerprint density at radius 2 is 1.63 bits per heavy atom. The topological polar surface area (TPSA) is 216 Å². The summed E-state index contributed by atoms with van der Waals surface area (Å²) in [5, 5.41) is 32.0. The first-order valence-corrected chi connectivity index (χ1v) is 18.5. The summed E-state index contributed by atoms with van der Waals surface area (Å²) < 4.78 is 31.0. The number of carbonyl (C=O) groups excluding carboxylic acids is 4. The Balaban J connectivity index is 1.98. The summed E-state index contributed by atoms with van der Waals surface area (Å²) in [5.74, 6) is -1.24. The van der Waals surface area contributed by atoms with Crippen molar-refractivity contribution in [1.29, 1.82) is 0 Å². The number of likely N-dealkylation sites (tertiary alicyclic amines) is 1. The molecule has 1 saturated heterocycles. The second-order valence-corrected chi connectivity index (χ2v) is 15.9. The molecule has 4 atom stereocenters. The fourth-order valence-electron chi connectivity index (χ4n) is 5.22. The van der Waals surface area contributed by atoms with E-state index in [0.29, 0.717) is 32.4 Å². The maximum Gasteiger partial charge on any atom is 0.407 e. The van der Waals surface area contributed by atoms with Gasteiger partial charge in [0.1, 0.15) is 11.6 Å². The molecule has 1 fully saturated rings. The molecule has 0 unspecified atom stereocenters. The van der Waals surface area contributed by atoms with Crippen LogP contribution in [0.5, 0.6) is 0 Å². The van der Waals surface area contributed by atoms with E-state index in [1.165, 1.54) is 6.92 Å². The molecule has 49 heavy (non-hydrogen) atoms. The summed E-state index contributed by atoms with van der Waals surface area (Å²) in [6, 6.07) is 6.75. The maximum atomic E-state index is 13.4. The number of ether oxygens (including phenoxy) is 1. The van der Waals surface area contributed by atoms with Crippen LogP contribution in [0.1, 0.15) is 72.8 Å². The molecule has 1 heterocycles. The molecule has 0 saturated carbocycles. The highest BCUT2D eigenvalue weighted by molar-refractivity contribution is 7.89. The average Bonchev–Trinajstić information content (AvgIpc) is 3.01. The summed E-state index contributed by atoms with van der Waals surface area (Å²) in [6.07, 6.45) is -1.51. The predicted octanol–water partition coefficient (Wildman–Crippen LogP) is 0.995. The van der Waals surface area contributed by atoms with Crippen LogP contribution in [0.4, 0.5) is 9.59 Å². The Hall–Kier alpha value is -3.47. The molecule has 1 aromatic carbocycles. The third kappa shape index (κ3) is 16.7. The molecule has 16 heteroatoms. The first kappa shape index (κ1) is 41.7. The first-order chi connectivity index (χ1) is 22.9. The molecule has 15 nitrogen and oxygen atoms in total. The molecular formula is C33H56N6O9S. The molecule has 0 aliphatic carbocycles. The minimum atomic E-state index is -3.53. The number of nitrogens with zero attached hydrogens (tertiary/aromatic N) is 1. The summed E-state index contributed by atoms with van der Waals surface area (Å²) in [5.41, 5.74) is 0.174. The van der Waals surface area contributed by atoms with Crippen molar-refractivity contribution in [3.05, 3.63) is 35.9 Å². The number of benzene rings is 1. The molecule has 278 valence electrons. The maximum absolute atomic E-state index is 13.4. The molecule has 0 aromatic heterocycles. The van der Waals surface area contributed by atoms with E-state index in [2.05, 4.69) is 26.0 Å². The highest BCUT2D eigenvalue weighted by Crippen LogP contribution is 2.15. The predicted molar refractivity (Wildman–Crippen MR) is 185 cm³/mol. The van der Waals surface area contributed by atoms with Crippen molar-refractivity contribution < 1.29 is 42.5 Å². The largest absolute Gasteiger partial charge is 0.444 e. The Bertz CT molecular complexity index is 1320. The number of piperidine rings is 1. The van der Waals surface area contributed by atoms with E-state index < -0.39 is 70.4 Å². The third-order valence-electron chi connectivity index (χ3n) is 7.79. The third-order valence-corrected chi connectivity index (χ3v) is 9.16. The molecule has 1 aliphatic rings. The first-order valence-electron chi connectivity index (χ1n) is 16.9. The smallest absolute Gasteiger partial charge is 0.407 e. The average molecular weight is 713 g/mol. The van der Waals surface area contributed by atoms with Gasteiger partial charge >= 0.3 is 12.1 Å². The Kier molecular flexibility index (Phi) is 16.7. The van der Waals surface area contributed by atoms with Gasteiger partial charge in [-0.25, -0.2) is 22.7 Å². The number of rotatable bonds is 17. The van der Waals surface area contributed by atoms with Crippen LogP contribution in [0, 0.1) is 5.92 Å². The normalized spacial score (nSPS) is 16.6. The lowest BCUT2D eigenvalue weighted by Crippen LogP contribution is -2.56. The summed E-state index contributed by atoms with van der Waals surface area (Å²) in [4.78, 5) is 53.3. The van der Waals surface area contributed by atoms with Gasteiger partial charge in [-0.05, 0) is 58.4 Å². The number of urea groups is 1. The fourth-order valence-corrected chi connectivity index (χ4v) is 5.87. The van der Waals surface area contributed by atoms with Crippen molar-refractivity contribution in [2.24, 2.45) is 5.92 Å². The van der Waals surface area contributed by atoms with Crippen LogP contribution in [-0.4, -0.2) is 115 Å². The van der Waals surface area contributed by atoms with Gasteiger partial charge in [0.2, 0.25) is 21.8 Å². The van der Waals surface area contributed by atoms with Gasteiger partial charge in [-0.1, -0.05) is 44.2 Å². The number of alkyl carbamates (subject to hydrolysis) is 1. The summed E-state index contributed by atoms with van der Waals surface area (Å²) in [6.45, 7) is 10.6. The number of amides is 5. The summed E-state index contributed by atoms with van der Waals surface area (Å²) in [7, 11) is -3.53. The minimum absolute atomic E-state index is 0.0638. The van der Waals surface area contributed by atoms with E-state index >= 15 is 0 Å². The van der Waals surface area contributed by atoms with E-state index in [0.717, 1.165) is 5.56 Å². The van der Waals surface area contributed by atoms with Crippen molar-refractivity contribution in [2.75, 3.05) is 31.9 Å². The molecular weight excluding hydrogens is 656 g/mol. The van der Waals surface area contributed by atoms with Crippen LogP contribution in [0.25, 0.3) is 0 Å². The molecule has 1 aromatic rings. The Labute approximate surface area is 290 Å². The van der Waals surface area contributed by atoms with Crippen molar-refractivity contribution in [3.8, 4) is 0 Å². The Morgan fingerprint density at radius 1 is 1.00 bits per heavy atom. The zero-order chi connectivity index (χ0) is 36.8. The fraction of sp³-hybridized carbons (Fsp3) is 0.697. The molecule has 0 bridgehead atoms.